The quantitative estimate of drug-likeness (QED) is 0.620. The summed E-state index contributed by atoms with van der Waals surface area (Å²) < 4.78 is 4.99. The molecule has 8 nitrogen and oxygen atoms in total. The van der Waals surface area contributed by atoms with E-state index in [-0.39, 0.29) is 12.0 Å². The maximum atomic E-state index is 9.13. The molecule has 0 saturated carbocycles. The van der Waals surface area contributed by atoms with Gasteiger partial charge < -0.3 is 9.64 Å². The van der Waals surface area contributed by atoms with E-state index in [1.807, 2.05) is 6.07 Å². The van der Waals surface area contributed by atoms with Crippen molar-refractivity contribution >= 4 is 17.6 Å². The first-order valence-corrected chi connectivity index (χ1v) is 5.69. The summed E-state index contributed by atoms with van der Waals surface area (Å²) in [5.74, 6) is 5.79. The van der Waals surface area contributed by atoms with Crippen molar-refractivity contribution in [2.75, 3.05) is 24.5 Å². The Kier molecular flexibility index (Phi) is 3.93. The summed E-state index contributed by atoms with van der Waals surface area (Å²) in [6.45, 7) is 0. The third-order valence-corrected chi connectivity index (χ3v) is 2.60. The molecule has 0 amide bonds. The second-order valence-electron chi connectivity index (χ2n) is 3.78. The van der Waals surface area contributed by atoms with Gasteiger partial charge in [-0.05, 0) is 12.1 Å². The van der Waals surface area contributed by atoms with Crippen LogP contribution in [0.15, 0.2) is 24.3 Å². The van der Waals surface area contributed by atoms with E-state index in [2.05, 4.69) is 26.4 Å². The second kappa shape index (κ2) is 5.81. The molecule has 0 saturated heterocycles. The highest BCUT2D eigenvalue weighted by molar-refractivity contribution is 5.65. The molecule has 1 aromatic carbocycles. The lowest BCUT2D eigenvalue weighted by Crippen LogP contribution is -2.18. The minimum absolute atomic E-state index is 0.129. The summed E-state index contributed by atoms with van der Waals surface area (Å²) >= 11 is 0. The van der Waals surface area contributed by atoms with Crippen LogP contribution in [0.4, 0.5) is 17.6 Å². The molecule has 102 valence electrons. The lowest BCUT2D eigenvalue weighted by atomic mass is 10.2. The molecule has 2 aromatic rings. The first-order valence-electron chi connectivity index (χ1n) is 5.69. The van der Waals surface area contributed by atoms with Crippen LogP contribution in [-0.4, -0.2) is 29.1 Å². The number of nitrogens with one attached hydrogen (secondary N) is 1. The number of methoxy groups -OCH3 is 1. The van der Waals surface area contributed by atoms with Crippen LogP contribution < -0.4 is 20.9 Å². The van der Waals surface area contributed by atoms with E-state index in [9.17, 15) is 0 Å². The van der Waals surface area contributed by atoms with E-state index in [4.69, 9.17) is 15.8 Å². The Morgan fingerprint density at radius 2 is 2.05 bits per heavy atom. The second-order valence-corrected chi connectivity index (χ2v) is 3.78. The molecule has 3 N–H and O–H groups in total. The van der Waals surface area contributed by atoms with Gasteiger partial charge in [-0.15, -0.1) is 0 Å². The van der Waals surface area contributed by atoms with E-state index in [0.717, 1.165) is 0 Å². The summed E-state index contributed by atoms with van der Waals surface area (Å²) in [4.78, 5) is 13.8. The Morgan fingerprint density at radius 3 is 2.70 bits per heavy atom. The van der Waals surface area contributed by atoms with Crippen molar-refractivity contribution < 1.29 is 4.74 Å². The zero-order chi connectivity index (χ0) is 14.5. The Balaban J connectivity index is 2.47. The van der Waals surface area contributed by atoms with Gasteiger partial charge in [-0.2, -0.15) is 20.2 Å². The number of ether oxygens (including phenoxy) is 1. The van der Waals surface area contributed by atoms with Crippen molar-refractivity contribution in [3.63, 3.8) is 0 Å². The molecule has 8 heteroatoms. The number of nitriles is 1. The van der Waals surface area contributed by atoms with Gasteiger partial charge in [0.05, 0.1) is 18.4 Å². The van der Waals surface area contributed by atoms with Gasteiger partial charge >= 0.3 is 6.01 Å². The number of nitrogens with two attached hydrogens (primary N) is 1. The molecule has 0 aliphatic heterocycles. The molecule has 0 radical (unpaired) electrons. The number of hydrogen-bond donors (Lipinski definition) is 2. The number of hydrogen-bond acceptors (Lipinski definition) is 8. The zero-order valence-electron chi connectivity index (χ0n) is 11.0. The Labute approximate surface area is 115 Å². The molecular weight excluding hydrogens is 258 g/mol. The topological polar surface area (TPSA) is 113 Å². The summed E-state index contributed by atoms with van der Waals surface area (Å²) in [5.41, 5.74) is 3.53. The van der Waals surface area contributed by atoms with Crippen LogP contribution in [0.3, 0.4) is 0 Å². The van der Waals surface area contributed by atoms with Gasteiger partial charge in [-0.25, -0.2) is 5.84 Å². The third-order valence-electron chi connectivity index (χ3n) is 2.60. The predicted octanol–water partition coefficient (Wildman–Crippen LogP) is 0.805. The maximum Gasteiger partial charge on any atom is 0.322 e. The van der Waals surface area contributed by atoms with Crippen LogP contribution in [0.2, 0.25) is 0 Å². The molecule has 0 bridgehead atoms. The Morgan fingerprint density at radius 1 is 1.30 bits per heavy atom. The van der Waals surface area contributed by atoms with Crippen LogP contribution >= 0.6 is 0 Å². The smallest absolute Gasteiger partial charge is 0.322 e. The average Bonchev–Trinajstić information content (AvgIpc) is 2.53. The van der Waals surface area contributed by atoms with Crippen molar-refractivity contribution in [3.8, 4) is 12.1 Å². The molecule has 0 unspecified atom stereocenters. The van der Waals surface area contributed by atoms with Crippen molar-refractivity contribution in [1.29, 1.82) is 5.26 Å². The van der Waals surface area contributed by atoms with E-state index in [1.165, 1.54) is 7.11 Å². The fraction of sp³-hybridized carbons (Fsp3) is 0.167. The first-order chi connectivity index (χ1) is 9.69. The molecule has 0 fully saturated rings. The molecule has 0 aliphatic carbocycles. The molecule has 20 heavy (non-hydrogen) atoms. The molecule has 1 heterocycles. The van der Waals surface area contributed by atoms with Gasteiger partial charge in [0.15, 0.2) is 0 Å². The lowest BCUT2D eigenvalue weighted by Gasteiger charge is -2.18. The van der Waals surface area contributed by atoms with E-state index >= 15 is 0 Å². The van der Waals surface area contributed by atoms with Crippen LogP contribution in [0, 0.1) is 11.3 Å². The van der Waals surface area contributed by atoms with E-state index < -0.39 is 0 Å². The number of anilines is 3. The fourth-order valence-corrected chi connectivity index (χ4v) is 1.62. The number of nitrogens with zero attached hydrogens (tertiary/aromatic N) is 5. The standard InChI is InChI=1S/C12H13N7O/c1-19(9-6-4-3-5-8(9)7-13)11-15-10(18-14)16-12(17-11)20-2/h3-6H,14H2,1-2H3,(H,15,16,17,18). The summed E-state index contributed by atoms with van der Waals surface area (Å²) in [5, 5.41) is 9.13. The third kappa shape index (κ3) is 2.57. The predicted molar refractivity (Wildman–Crippen MR) is 73.4 cm³/mol. The van der Waals surface area contributed by atoms with Crippen molar-refractivity contribution in [2.24, 2.45) is 5.84 Å². The minimum atomic E-state index is 0.129. The van der Waals surface area contributed by atoms with E-state index in [1.54, 1.807) is 30.1 Å². The van der Waals surface area contributed by atoms with Crippen molar-refractivity contribution in [2.45, 2.75) is 0 Å². The largest absolute Gasteiger partial charge is 0.467 e. The van der Waals surface area contributed by atoms with Crippen molar-refractivity contribution in [1.82, 2.24) is 15.0 Å². The summed E-state index contributed by atoms with van der Waals surface area (Å²) in [6, 6.07) is 9.37. The number of hydrazine groups is 1. The van der Waals surface area contributed by atoms with Gasteiger partial charge in [0.25, 0.3) is 0 Å². The van der Waals surface area contributed by atoms with Gasteiger partial charge in [-0.3, -0.25) is 5.43 Å². The van der Waals surface area contributed by atoms with Gasteiger partial charge in [0.2, 0.25) is 11.9 Å². The minimum Gasteiger partial charge on any atom is -0.467 e. The van der Waals surface area contributed by atoms with Gasteiger partial charge in [0, 0.05) is 7.05 Å². The molecule has 0 spiro atoms. The lowest BCUT2D eigenvalue weighted by molar-refractivity contribution is 0.379. The van der Waals surface area contributed by atoms with Gasteiger partial charge in [-0.1, -0.05) is 12.1 Å². The number of nitrogen functional groups attached to an aromatic ring is 1. The fourth-order valence-electron chi connectivity index (χ4n) is 1.62. The summed E-state index contributed by atoms with van der Waals surface area (Å²) in [6.07, 6.45) is 0. The van der Waals surface area contributed by atoms with E-state index in [0.29, 0.717) is 17.2 Å². The highest BCUT2D eigenvalue weighted by Gasteiger charge is 2.14. The Hall–Kier alpha value is -2.92. The number of benzene rings is 1. The average molecular weight is 271 g/mol. The van der Waals surface area contributed by atoms with Crippen LogP contribution in [-0.2, 0) is 0 Å². The normalized spacial score (nSPS) is 9.70. The maximum absolute atomic E-state index is 9.13. The molecular formula is C12H13N7O. The van der Waals surface area contributed by atoms with Crippen molar-refractivity contribution in [3.05, 3.63) is 29.8 Å². The Bertz CT molecular complexity index is 630. The zero-order valence-corrected chi connectivity index (χ0v) is 11.0. The molecule has 2 rings (SSSR count). The summed E-state index contributed by atoms with van der Waals surface area (Å²) in [7, 11) is 3.19. The monoisotopic (exact) mass is 271 g/mol. The van der Waals surface area contributed by atoms with Crippen LogP contribution in [0.25, 0.3) is 0 Å². The number of rotatable bonds is 4. The first kappa shape index (κ1) is 13.5. The van der Waals surface area contributed by atoms with Crippen LogP contribution in [0.5, 0.6) is 6.01 Å². The molecule has 1 aromatic heterocycles. The highest BCUT2D eigenvalue weighted by atomic mass is 16.5. The molecule has 0 atom stereocenters. The molecule has 0 aliphatic rings. The SMILES string of the molecule is COc1nc(NN)nc(N(C)c2ccccc2C#N)n1. The number of para-hydroxylation sites is 1. The highest BCUT2D eigenvalue weighted by Crippen LogP contribution is 2.25. The van der Waals surface area contributed by atoms with Gasteiger partial charge in [0.1, 0.15) is 6.07 Å². The number of aromatic nitrogens is 3. The van der Waals surface area contributed by atoms with Crippen LogP contribution in [0.1, 0.15) is 5.56 Å².